The molecule has 0 spiro atoms. The van der Waals surface area contributed by atoms with Gasteiger partial charge in [0.25, 0.3) is 0 Å². The number of benzene rings is 6. The van der Waals surface area contributed by atoms with E-state index in [4.69, 9.17) is 9.97 Å². The Hall–Kier alpha value is -6.50. The molecule has 0 saturated heterocycles. The second kappa shape index (κ2) is 10.1. The average molecular weight is 563 g/mol. The van der Waals surface area contributed by atoms with E-state index in [2.05, 4.69) is 76.5 Å². The van der Waals surface area contributed by atoms with E-state index in [0.717, 1.165) is 54.7 Å². The second-order valence-corrected chi connectivity index (χ2v) is 10.5. The highest BCUT2D eigenvalue weighted by molar-refractivity contribution is 6.09. The first-order valence-electron chi connectivity index (χ1n) is 14.2. The van der Waals surface area contributed by atoms with Gasteiger partial charge in [-0.3, -0.25) is 9.80 Å². The van der Waals surface area contributed by atoms with E-state index < -0.39 is 0 Å². The van der Waals surface area contributed by atoms with Crippen LogP contribution in [-0.4, -0.2) is 9.97 Å². The van der Waals surface area contributed by atoms with Gasteiger partial charge in [0.15, 0.2) is 11.6 Å². The van der Waals surface area contributed by atoms with Gasteiger partial charge in [-0.25, -0.2) is 9.97 Å². The van der Waals surface area contributed by atoms with Crippen molar-refractivity contribution in [2.45, 2.75) is 0 Å². The lowest BCUT2D eigenvalue weighted by Gasteiger charge is -2.26. The van der Waals surface area contributed by atoms with Crippen LogP contribution in [0.15, 0.2) is 145 Å². The van der Waals surface area contributed by atoms with Crippen LogP contribution in [-0.2, 0) is 0 Å². The standard InChI is InChI=1S/C38H22N6/c39-23-25(24-40)19-22-35-43(33-17-7-12-26-9-1-4-14-29(26)33)37-38(44(35)34-18-8-13-27-10-2-5-15-30(27)34)42-36-31-16-6-3-11-28(31)20-21-32(36)41-37/h1-22H/b35-22-. The van der Waals surface area contributed by atoms with Gasteiger partial charge in [-0.15, -0.1) is 0 Å². The highest BCUT2D eigenvalue weighted by atomic mass is 15.4. The van der Waals surface area contributed by atoms with Gasteiger partial charge in [0.2, 0.25) is 0 Å². The molecule has 8 rings (SSSR count). The summed E-state index contributed by atoms with van der Waals surface area (Å²) >= 11 is 0. The van der Waals surface area contributed by atoms with Crippen LogP contribution in [0.3, 0.4) is 0 Å². The van der Waals surface area contributed by atoms with E-state index in [9.17, 15) is 10.5 Å². The Balaban J connectivity index is 1.52. The van der Waals surface area contributed by atoms with Crippen molar-refractivity contribution in [3.63, 3.8) is 0 Å². The molecule has 7 aromatic rings. The minimum absolute atomic E-state index is 0.00118. The molecule has 1 aliphatic rings. The van der Waals surface area contributed by atoms with Gasteiger partial charge in [-0.1, -0.05) is 103 Å². The number of fused-ring (bicyclic) bond motifs is 6. The molecule has 0 N–H and O–H groups in total. The predicted octanol–water partition coefficient (Wildman–Crippen LogP) is 9.19. The third-order valence-electron chi connectivity index (χ3n) is 8.06. The molecule has 0 saturated carbocycles. The lowest BCUT2D eigenvalue weighted by atomic mass is 10.1. The molecule has 1 aromatic heterocycles. The van der Waals surface area contributed by atoms with Crippen molar-refractivity contribution in [2.24, 2.45) is 0 Å². The molecule has 0 fully saturated rings. The Morgan fingerprint density at radius 1 is 0.545 bits per heavy atom. The van der Waals surface area contributed by atoms with Gasteiger partial charge in [-0.2, -0.15) is 10.5 Å². The van der Waals surface area contributed by atoms with Gasteiger partial charge in [0, 0.05) is 16.2 Å². The number of anilines is 4. The Bertz CT molecular complexity index is 2420. The summed E-state index contributed by atoms with van der Waals surface area (Å²) in [5.74, 6) is 2.02. The van der Waals surface area contributed by atoms with Crippen LogP contribution >= 0.6 is 0 Å². The monoisotopic (exact) mass is 562 g/mol. The Kier molecular flexibility index (Phi) is 5.79. The summed E-state index contributed by atoms with van der Waals surface area (Å²) < 4.78 is 0. The number of rotatable bonds is 3. The molecule has 204 valence electrons. The molecule has 1 aliphatic heterocycles. The number of nitriles is 2. The Morgan fingerprint density at radius 2 is 1.05 bits per heavy atom. The number of aromatic nitrogens is 2. The molecule has 6 nitrogen and oxygen atoms in total. The zero-order chi connectivity index (χ0) is 29.6. The number of hydrogen-bond acceptors (Lipinski definition) is 6. The first-order chi connectivity index (χ1) is 21.7. The summed E-state index contributed by atoms with van der Waals surface area (Å²) in [6, 6.07) is 45.1. The van der Waals surface area contributed by atoms with E-state index >= 15 is 0 Å². The topological polar surface area (TPSA) is 79.8 Å². The molecule has 6 aromatic carbocycles. The van der Waals surface area contributed by atoms with E-state index in [-0.39, 0.29) is 5.57 Å². The fraction of sp³-hybridized carbons (Fsp3) is 0. The maximum atomic E-state index is 9.63. The number of allylic oxidation sites excluding steroid dienone is 3. The summed E-state index contributed by atoms with van der Waals surface area (Å²) in [5.41, 5.74) is 3.41. The molecular weight excluding hydrogens is 540 g/mol. The first-order valence-corrected chi connectivity index (χ1v) is 14.2. The van der Waals surface area contributed by atoms with Gasteiger partial charge in [0.05, 0.1) is 22.4 Å². The molecule has 0 atom stereocenters. The molecule has 6 heteroatoms. The van der Waals surface area contributed by atoms with Crippen LogP contribution in [0.4, 0.5) is 23.0 Å². The maximum Gasteiger partial charge on any atom is 0.183 e. The third-order valence-corrected chi connectivity index (χ3v) is 8.06. The van der Waals surface area contributed by atoms with Crippen molar-refractivity contribution in [1.82, 2.24) is 9.97 Å². The lowest BCUT2D eigenvalue weighted by Crippen LogP contribution is -2.22. The maximum absolute atomic E-state index is 9.63. The zero-order valence-electron chi connectivity index (χ0n) is 23.4. The highest BCUT2D eigenvalue weighted by Crippen LogP contribution is 2.51. The van der Waals surface area contributed by atoms with Crippen LogP contribution in [0.1, 0.15) is 0 Å². The van der Waals surface area contributed by atoms with E-state index in [1.807, 2.05) is 72.8 Å². The minimum atomic E-state index is 0.00118. The Labute approximate surface area is 253 Å². The van der Waals surface area contributed by atoms with Crippen molar-refractivity contribution in [2.75, 3.05) is 9.80 Å². The van der Waals surface area contributed by atoms with Gasteiger partial charge < -0.3 is 0 Å². The van der Waals surface area contributed by atoms with E-state index in [0.29, 0.717) is 17.5 Å². The van der Waals surface area contributed by atoms with Gasteiger partial charge in [-0.05, 0) is 46.5 Å². The normalized spacial score (nSPS) is 13.4. The minimum Gasteiger partial charge on any atom is -0.276 e. The smallest absolute Gasteiger partial charge is 0.183 e. The van der Waals surface area contributed by atoms with E-state index in [1.165, 1.54) is 0 Å². The van der Waals surface area contributed by atoms with Crippen molar-refractivity contribution in [3.8, 4) is 12.1 Å². The predicted molar refractivity (Wildman–Crippen MR) is 177 cm³/mol. The van der Waals surface area contributed by atoms with Gasteiger partial charge in [0.1, 0.15) is 23.5 Å². The first kappa shape index (κ1) is 25.2. The molecule has 0 amide bonds. The van der Waals surface area contributed by atoms with E-state index in [1.54, 1.807) is 6.08 Å². The molecule has 0 unspecified atom stereocenters. The quantitative estimate of drug-likeness (QED) is 0.158. The summed E-state index contributed by atoms with van der Waals surface area (Å²) in [6.07, 6.45) is 3.38. The van der Waals surface area contributed by atoms with Crippen molar-refractivity contribution in [1.29, 1.82) is 10.5 Å². The zero-order valence-corrected chi connectivity index (χ0v) is 23.4. The van der Waals surface area contributed by atoms with Crippen molar-refractivity contribution >= 4 is 66.4 Å². The van der Waals surface area contributed by atoms with Crippen LogP contribution in [0.2, 0.25) is 0 Å². The lowest BCUT2D eigenvalue weighted by molar-refractivity contribution is 1.12. The SMILES string of the molecule is N#CC(C#N)=C/C=C1/N(c2cccc3ccccc23)c2nc3ccc4ccccc4c3nc2N1c1cccc2ccccc12. The van der Waals surface area contributed by atoms with Crippen molar-refractivity contribution in [3.05, 3.63) is 145 Å². The third kappa shape index (κ3) is 3.87. The largest absolute Gasteiger partial charge is 0.276 e. The molecule has 2 heterocycles. The Morgan fingerprint density at radius 3 is 1.64 bits per heavy atom. The highest BCUT2D eigenvalue weighted by Gasteiger charge is 2.38. The van der Waals surface area contributed by atoms with Crippen LogP contribution in [0.25, 0.3) is 43.4 Å². The number of hydrogen-bond donors (Lipinski definition) is 0. The molecule has 0 bridgehead atoms. The second-order valence-electron chi connectivity index (χ2n) is 10.5. The summed E-state index contributed by atoms with van der Waals surface area (Å²) in [4.78, 5) is 14.8. The van der Waals surface area contributed by atoms with Crippen LogP contribution in [0.5, 0.6) is 0 Å². The fourth-order valence-corrected chi connectivity index (χ4v) is 6.08. The van der Waals surface area contributed by atoms with Crippen LogP contribution < -0.4 is 9.80 Å². The fourth-order valence-electron chi connectivity index (χ4n) is 6.08. The van der Waals surface area contributed by atoms with Crippen LogP contribution in [0, 0.1) is 22.7 Å². The molecular formula is C38H22N6. The molecule has 0 radical (unpaired) electrons. The molecule has 44 heavy (non-hydrogen) atoms. The summed E-state index contributed by atoms with van der Waals surface area (Å²) in [6.45, 7) is 0. The van der Waals surface area contributed by atoms with Crippen molar-refractivity contribution < 1.29 is 0 Å². The average Bonchev–Trinajstić information content (AvgIpc) is 3.39. The van der Waals surface area contributed by atoms with Gasteiger partial charge >= 0.3 is 0 Å². The number of nitrogens with zero attached hydrogens (tertiary/aromatic N) is 6. The molecule has 0 aliphatic carbocycles. The summed E-state index contributed by atoms with van der Waals surface area (Å²) in [7, 11) is 0. The summed E-state index contributed by atoms with van der Waals surface area (Å²) in [5, 5.41) is 25.6.